The summed E-state index contributed by atoms with van der Waals surface area (Å²) in [6.45, 7) is 7.26. The number of aromatic nitrogens is 2. The van der Waals surface area contributed by atoms with Crippen LogP contribution in [-0.2, 0) is 7.05 Å². The molecule has 0 unspecified atom stereocenters. The van der Waals surface area contributed by atoms with Gasteiger partial charge in [0.05, 0.1) is 5.69 Å². The number of para-hydroxylation sites is 1. The van der Waals surface area contributed by atoms with Crippen LogP contribution < -0.4 is 16.1 Å². The van der Waals surface area contributed by atoms with Crippen LogP contribution in [0.25, 0.3) is 5.69 Å². The molecule has 0 radical (unpaired) electrons. The number of nitrogens with zero attached hydrogens (tertiary/aromatic N) is 3. The predicted octanol–water partition coefficient (Wildman–Crippen LogP) is 1.69. The average molecular weight is 287 g/mol. The molecule has 0 aliphatic rings. The van der Waals surface area contributed by atoms with E-state index < -0.39 is 0 Å². The van der Waals surface area contributed by atoms with E-state index in [2.05, 4.69) is 0 Å². The van der Waals surface area contributed by atoms with Gasteiger partial charge in [-0.2, -0.15) is 0 Å². The lowest BCUT2D eigenvalue weighted by Gasteiger charge is -2.24. The Morgan fingerprint density at radius 2 is 1.62 bits per heavy atom. The van der Waals surface area contributed by atoms with Crippen LogP contribution in [0.2, 0.25) is 0 Å². The number of hydrogen-bond acceptors (Lipinski definition) is 3. The Balaban J connectivity index is 2.85. The van der Waals surface area contributed by atoms with Crippen molar-refractivity contribution in [3.63, 3.8) is 0 Å². The molecule has 2 rings (SSSR count). The quantitative estimate of drug-likeness (QED) is 0.860. The molecule has 0 bridgehead atoms. The molecule has 0 spiro atoms. The van der Waals surface area contributed by atoms with E-state index in [9.17, 15) is 9.59 Å². The van der Waals surface area contributed by atoms with Gasteiger partial charge < -0.3 is 4.90 Å². The summed E-state index contributed by atoms with van der Waals surface area (Å²) in [5.74, 6) is 0. The molecule has 0 saturated heterocycles. The van der Waals surface area contributed by atoms with Gasteiger partial charge in [0.15, 0.2) is 0 Å². The third-order valence-electron chi connectivity index (χ3n) is 3.82. The van der Waals surface area contributed by atoms with Crippen LogP contribution in [0.1, 0.15) is 19.5 Å². The van der Waals surface area contributed by atoms with Crippen molar-refractivity contribution in [2.75, 3.05) is 18.0 Å². The lowest BCUT2D eigenvalue weighted by atomic mass is 10.2. The molecule has 1 aromatic carbocycles. The molecule has 5 heteroatoms. The van der Waals surface area contributed by atoms with Crippen molar-refractivity contribution in [2.24, 2.45) is 7.05 Å². The molecule has 0 aliphatic heterocycles. The van der Waals surface area contributed by atoms with Crippen LogP contribution in [0, 0.1) is 6.92 Å². The van der Waals surface area contributed by atoms with E-state index >= 15 is 0 Å². The fourth-order valence-electron chi connectivity index (χ4n) is 2.51. The zero-order valence-corrected chi connectivity index (χ0v) is 13.0. The largest absolute Gasteiger partial charge is 0.366 e. The minimum Gasteiger partial charge on any atom is -0.366 e. The van der Waals surface area contributed by atoms with E-state index in [4.69, 9.17) is 0 Å². The molecule has 5 nitrogen and oxygen atoms in total. The van der Waals surface area contributed by atoms with Crippen LogP contribution in [-0.4, -0.2) is 22.2 Å². The van der Waals surface area contributed by atoms with Gasteiger partial charge in [0.25, 0.3) is 5.56 Å². The van der Waals surface area contributed by atoms with E-state index in [0.717, 1.165) is 13.1 Å². The standard InChI is InChI=1S/C16H21N3O2/c1-5-18(6-2)14-12(3)17(4)16(21)19(15(14)20)13-10-8-7-9-11-13/h7-11H,5-6H2,1-4H3. The summed E-state index contributed by atoms with van der Waals surface area (Å²) >= 11 is 0. The van der Waals surface area contributed by atoms with Crippen molar-refractivity contribution in [3.8, 4) is 5.69 Å². The topological polar surface area (TPSA) is 47.2 Å². The van der Waals surface area contributed by atoms with Crippen LogP contribution in [0.4, 0.5) is 5.69 Å². The Labute approximate surface area is 124 Å². The Morgan fingerprint density at radius 3 is 2.14 bits per heavy atom. The molecule has 0 aliphatic carbocycles. The molecule has 0 atom stereocenters. The van der Waals surface area contributed by atoms with Crippen molar-refractivity contribution in [1.29, 1.82) is 0 Å². The van der Waals surface area contributed by atoms with Gasteiger partial charge in [-0.25, -0.2) is 9.36 Å². The van der Waals surface area contributed by atoms with Crippen LogP contribution in [0.5, 0.6) is 0 Å². The Kier molecular flexibility index (Phi) is 4.31. The molecular formula is C16H21N3O2. The van der Waals surface area contributed by atoms with E-state index in [0.29, 0.717) is 17.1 Å². The number of hydrogen-bond donors (Lipinski definition) is 0. The smallest absolute Gasteiger partial charge is 0.335 e. The van der Waals surface area contributed by atoms with Crippen LogP contribution >= 0.6 is 0 Å². The maximum absolute atomic E-state index is 12.8. The summed E-state index contributed by atoms with van der Waals surface area (Å²) in [5, 5.41) is 0. The molecule has 0 amide bonds. The highest BCUT2D eigenvalue weighted by Crippen LogP contribution is 2.13. The molecule has 1 heterocycles. The van der Waals surface area contributed by atoms with Gasteiger partial charge in [0, 0.05) is 25.8 Å². The van der Waals surface area contributed by atoms with Gasteiger partial charge >= 0.3 is 5.69 Å². The first-order chi connectivity index (χ1) is 10.0. The lowest BCUT2D eigenvalue weighted by Crippen LogP contribution is -2.43. The molecular weight excluding hydrogens is 266 g/mol. The molecule has 112 valence electrons. The van der Waals surface area contributed by atoms with Crippen LogP contribution in [0.3, 0.4) is 0 Å². The third-order valence-corrected chi connectivity index (χ3v) is 3.82. The first-order valence-electron chi connectivity index (χ1n) is 7.15. The Bertz CT molecular complexity index is 741. The summed E-state index contributed by atoms with van der Waals surface area (Å²) in [6, 6.07) is 9.03. The summed E-state index contributed by atoms with van der Waals surface area (Å²) in [5.41, 5.74) is 1.30. The summed E-state index contributed by atoms with van der Waals surface area (Å²) in [4.78, 5) is 27.3. The van der Waals surface area contributed by atoms with Gasteiger partial charge in [-0.15, -0.1) is 0 Å². The highest BCUT2D eigenvalue weighted by molar-refractivity contribution is 5.50. The molecule has 0 N–H and O–H groups in total. The van der Waals surface area contributed by atoms with Crippen molar-refractivity contribution >= 4 is 5.69 Å². The minimum absolute atomic E-state index is 0.259. The van der Waals surface area contributed by atoms with Crippen molar-refractivity contribution < 1.29 is 0 Å². The van der Waals surface area contributed by atoms with Crippen molar-refractivity contribution in [2.45, 2.75) is 20.8 Å². The molecule has 0 fully saturated rings. The fraction of sp³-hybridized carbons (Fsp3) is 0.375. The minimum atomic E-state index is -0.320. The number of anilines is 1. The molecule has 0 saturated carbocycles. The molecule has 1 aromatic heterocycles. The summed E-state index contributed by atoms with van der Waals surface area (Å²) < 4.78 is 2.77. The normalized spacial score (nSPS) is 10.7. The highest BCUT2D eigenvalue weighted by atomic mass is 16.2. The predicted molar refractivity (Wildman–Crippen MR) is 85.6 cm³/mol. The Hall–Kier alpha value is -2.30. The Morgan fingerprint density at radius 1 is 1.05 bits per heavy atom. The second kappa shape index (κ2) is 5.99. The van der Waals surface area contributed by atoms with Crippen molar-refractivity contribution in [3.05, 3.63) is 56.9 Å². The van der Waals surface area contributed by atoms with E-state index in [1.54, 1.807) is 19.2 Å². The first kappa shape index (κ1) is 15.1. The first-order valence-corrected chi connectivity index (χ1v) is 7.15. The van der Waals surface area contributed by atoms with Gasteiger partial charge in [0.2, 0.25) is 0 Å². The van der Waals surface area contributed by atoms with Gasteiger partial charge in [-0.05, 0) is 32.9 Å². The van der Waals surface area contributed by atoms with Gasteiger partial charge in [0.1, 0.15) is 5.69 Å². The summed E-state index contributed by atoms with van der Waals surface area (Å²) in [6.07, 6.45) is 0. The van der Waals surface area contributed by atoms with Gasteiger partial charge in [-0.3, -0.25) is 9.36 Å². The zero-order valence-electron chi connectivity index (χ0n) is 13.0. The maximum atomic E-state index is 12.8. The zero-order chi connectivity index (χ0) is 15.6. The van der Waals surface area contributed by atoms with E-state index in [-0.39, 0.29) is 11.2 Å². The van der Waals surface area contributed by atoms with Crippen molar-refractivity contribution in [1.82, 2.24) is 9.13 Å². The fourth-order valence-corrected chi connectivity index (χ4v) is 2.51. The highest BCUT2D eigenvalue weighted by Gasteiger charge is 2.18. The number of benzene rings is 1. The molecule has 2 aromatic rings. The summed E-state index contributed by atoms with van der Waals surface area (Å²) in [7, 11) is 1.70. The average Bonchev–Trinajstić information content (AvgIpc) is 2.50. The second-order valence-electron chi connectivity index (χ2n) is 4.92. The second-order valence-corrected chi connectivity index (χ2v) is 4.92. The lowest BCUT2D eigenvalue weighted by molar-refractivity contribution is 0.697. The molecule has 21 heavy (non-hydrogen) atoms. The monoisotopic (exact) mass is 287 g/mol. The van der Waals surface area contributed by atoms with E-state index in [1.807, 2.05) is 43.9 Å². The van der Waals surface area contributed by atoms with E-state index in [1.165, 1.54) is 9.13 Å². The van der Waals surface area contributed by atoms with Gasteiger partial charge in [-0.1, -0.05) is 18.2 Å². The van der Waals surface area contributed by atoms with Crippen LogP contribution in [0.15, 0.2) is 39.9 Å². The maximum Gasteiger partial charge on any atom is 0.335 e. The number of rotatable bonds is 4. The third kappa shape index (κ3) is 2.51. The SMILES string of the molecule is CCN(CC)c1c(C)n(C)c(=O)n(-c2ccccc2)c1=O.